The molecule has 6 heteroatoms. The number of benzene rings is 1. The summed E-state index contributed by atoms with van der Waals surface area (Å²) in [7, 11) is -3.17. The van der Waals surface area contributed by atoms with Crippen molar-refractivity contribution >= 4 is 10.0 Å². The van der Waals surface area contributed by atoms with Crippen LogP contribution in [0.4, 0.5) is 0 Å². The third-order valence-electron chi connectivity index (χ3n) is 3.99. The van der Waals surface area contributed by atoms with Crippen LogP contribution in [0.1, 0.15) is 24.8 Å². The van der Waals surface area contributed by atoms with Gasteiger partial charge >= 0.3 is 0 Å². The first-order valence-corrected chi connectivity index (χ1v) is 9.56. The zero-order valence-corrected chi connectivity index (χ0v) is 13.8. The van der Waals surface area contributed by atoms with Crippen LogP contribution < -0.4 is 5.73 Å². The van der Waals surface area contributed by atoms with Crippen molar-refractivity contribution < 1.29 is 13.2 Å². The summed E-state index contributed by atoms with van der Waals surface area (Å²) in [6.45, 7) is 2.42. The van der Waals surface area contributed by atoms with E-state index in [9.17, 15) is 8.42 Å². The van der Waals surface area contributed by atoms with E-state index in [0.29, 0.717) is 32.7 Å². The van der Waals surface area contributed by atoms with Crippen LogP contribution in [0.3, 0.4) is 0 Å². The molecule has 1 aromatic rings. The SMILES string of the molecule is NCCCOC1CCN(S(=O)(=O)CCc2ccccc2)CC1. The summed E-state index contributed by atoms with van der Waals surface area (Å²) in [6.07, 6.45) is 3.14. The molecule has 1 fully saturated rings. The van der Waals surface area contributed by atoms with Crippen molar-refractivity contribution in [2.45, 2.75) is 31.8 Å². The predicted molar refractivity (Wildman–Crippen MR) is 88.2 cm³/mol. The standard InChI is InChI=1S/C16H26N2O3S/c17-10-4-13-21-16-7-11-18(12-8-16)22(19,20)14-9-15-5-2-1-3-6-15/h1-3,5-6,16H,4,7-14,17H2. The molecule has 2 N–H and O–H groups in total. The van der Waals surface area contributed by atoms with Gasteiger partial charge in [-0.25, -0.2) is 12.7 Å². The van der Waals surface area contributed by atoms with Crippen molar-refractivity contribution in [3.05, 3.63) is 35.9 Å². The summed E-state index contributed by atoms with van der Waals surface area (Å²) in [5.74, 6) is 0.176. The lowest BCUT2D eigenvalue weighted by Crippen LogP contribution is -2.42. The maximum absolute atomic E-state index is 12.4. The van der Waals surface area contributed by atoms with Gasteiger partial charge in [0.2, 0.25) is 10.0 Å². The van der Waals surface area contributed by atoms with E-state index in [1.54, 1.807) is 4.31 Å². The van der Waals surface area contributed by atoms with Crippen LogP contribution >= 0.6 is 0 Å². The number of piperidine rings is 1. The first-order chi connectivity index (χ1) is 10.6. The number of hydrogen-bond donors (Lipinski definition) is 1. The molecule has 124 valence electrons. The molecule has 0 aliphatic carbocycles. The Labute approximate surface area is 133 Å². The van der Waals surface area contributed by atoms with Crippen molar-refractivity contribution in [3.63, 3.8) is 0 Å². The second-order valence-electron chi connectivity index (χ2n) is 5.66. The maximum Gasteiger partial charge on any atom is 0.214 e. The van der Waals surface area contributed by atoms with Crippen LogP contribution in [-0.2, 0) is 21.2 Å². The molecule has 1 aromatic carbocycles. The Kier molecular flexibility index (Phi) is 6.82. The Balaban J connectivity index is 1.77. The van der Waals surface area contributed by atoms with E-state index in [1.165, 1.54) is 0 Å². The van der Waals surface area contributed by atoms with E-state index in [-0.39, 0.29) is 11.9 Å². The quantitative estimate of drug-likeness (QED) is 0.733. The second-order valence-corrected chi connectivity index (χ2v) is 7.75. The van der Waals surface area contributed by atoms with E-state index in [1.807, 2.05) is 30.3 Å². The van der Waals surface area contributed by atoms with E-state index in [4.69, 9.17) is 10.5 Å². The highest BCUT2D eigenvalue weighted by molar-refractivity contribution is 7.89. The lowest BCUT2D eigenvalue weighted by atomic mass is 10.1. The monoisotopic (exact) mass is 326 g/mol. The molecule has 0 bridgehead atoms. The molecule has 1 aliphatic heterocycles. The van der Waals surface area contributed by atoms with Crippen LogP contribution in [0.15, 0.2) is 30.3 Å². The molecular formula is C16H26N2O3S. The Morgan fingerprint density at radius 3 is 2.50 bits per heavy atom. The summed E-state index contributed by atoms with van der Waals surface area (Å²) in [5, 5.41) is 0. The third-order valence-corrected chi connectivity index (χ3v) is 5.86. The fraction of sp³-hybridized carbons (Fsp3) is 0.625. The first-order valence-electron chi connectivity index (χ1n) is 7.95. The van der Waals surface area contributed by atoms with Crippen LogP contribution in [0.5, 0.6) is 0 Å². The predicted octanol–water partition coefficient (Wildman–Crippen LogP) is 1.39. The van der Waals surface area contributed by atoms with Crippen LogP contribution in [0, 0.1) is 0 Å². The molecule has 0 radical (unpaired) electrons. The fourth-order valence-electron chi connectivity index (χ4n) is 2.63. The van der Waals surface area contributed by atoms with Crippen LogP contribution in [0.2, 0.25) is 0 Å². The lowest BCUT2D eigenvalue weighted by Gasteiger charge is -2.31. The average Bonchev–Trinajstić information content (AvgIpc) is 2.55. The Morgan fingerprint density at radius 1 is 1.18 bits per heavy atom. The van der Waals surface area contributed by atoms with Gasteiger partial charge in [-0.1, -0.05) is 30.3 Å². The fourth-order valence-corrected chi connectivity index (χ4v) is 4.15. The van der Waals surface area contributed by atoms with Crippen molar-refractivity contribution in [3.8, 4) is 0 Å². The topological polar surface area (TPSA) is 72.6 Å². The average molecular weight is 326 g/mol. The minimum Gasteiger partial charge on any atom is -0.378 e. The summed E-state index contributed by atoms with van der Waals surface area (Å²) in [4.78, 5) is 0. The Bertz CT molecular complexity index is 526. The van der Waals surface area contributed by atoms with E-state index < -0.39 is 10.0 Å². The highest BCUT2D eigenvalue weighted by Crippen LogP contribution is 2.18. The zero-order chi connectivity index (χ0) is 15.8. The number of rotatable bonds is 8. The van der Waals surface area contributed by atoms with Crippen molar-refractivity contribution in [1.82, 2.24) is 4.31 Å². The van der Waals surface area contributed by atoms with Gasteiger partial charge in [-0.2, -0.15) is 0 Å². The molecule has 2 rings (SSSR count). The summed E-state index contributed by atoms with van der Waals surface area (Å²) in [5.41, 5.74) is 6.50. The van der Waals surface area contributed by atoms with E-state index >= 15 is 0 Å². The Hall–Kier alpha value is -0.950. The van der Waals surface area contributed by atoms with Gasteiger partial charge in [-0.05, 0) is 37.8 Å². The largest absolute Gasteiger partial charge is 0.378 e. The molecule has 22 heavy (non-hydrogen) atoms. The van der Waals surface area contributed by atoms with Crippen molar-refractivity contribution in [2.24, 2.45) is 5.73 Å². The summed E-state index contributed by atoms with van der Waals surface area (Å²) in [6, 6.07) is 9.74. The molecule has 1 saturated heterocycles. The number of hydrogen-bond acceptors (Lipinski definition) is 4. The normalized spacial score (nSPS) is 17.7. The number of ether oxygens (including phenoxy) is 1. The van der Waals surface area contributed by atoms with Gasteiger partial charge in [-0.15, -0.1) is 0 Å². The molecule has 1 aliphatic rings. The maximum atomic E-state index is 12.4. The minimum atomic E-state index is -3.17. The molecular weight excluding hydrogens is 300 g/mol. The molecule has 0 spiro atoms. The molecule has 0 aromatic heterocycles. The molecule has 0 amide bonds. The Morgan fingerprint density at radius 2 is 1.86 bits per heavy atom. The van der Waals surface area contributed by atoms with E-state index in [0.717, 1.165) is 24.8 Å². The third kappa shape index (κ3) is 5.35. The molecule has 0 unspecified atom stereocenters. The first kappa shape index (κ1) is 17.4. The number of sulfonamides is 1. The van der Waals surface area contributed by atoms with Crippen molar-refractivity contribution in [1.29, 1.82) is 0 Å². The van der Waals surface area contributed by atoms with E-state index in [2.05, 4.69) is 0 Å². The van der Waals surface area contributed by atoms with Gasteiger partial charge in [0.05, 0.1) is 11.9 Å². The van der Waals surface area contributed by atoms with Gasteiger partial charge in [0, 0.05) is 19.7 Å². The summed E-state index contributed by atoms with van der Waals surface area (Å²) < 4.78 is 32.1. The van der Waals surface area contributed by atoms with Gasteiger partial charge < -0.3 is 10.5 Å². The molecule has 0 atom stereocenters. The van der Waals surface area contributed by atoms with Crippen molar-refractivity contribution in [2.75, 3.05) is 32.0 Å². The zero-order valence-electron chi connectivity index (χ0n) is 13.0. The summed E-state index contributed by atoms with van der Waals surface area (Å²) >= 11 is 0. The lowest BCUT2D eigenvalue weighted by molar-refractivity contribution is 0.0209. The highest BCUT2D eigenvalue weighted by Gasteiger charge is 2.27. The number of nitrogens with zero attached hydrogens (tertiary/aromatic N) is 1. The van der Waals surface area contributed by atoms with Gasteiger partial charge in [-0.3, -0.25) is 0 Å². The second kappa shape index (κ2) is 8.62. The minimum absolute atomic E-state index is 0.173. The number of nitrogens with two attached hydrogens (primary N) is 1. The highest BCUT2D eigenvalue weighted by atomic mass is 32.2. The molecule has 5 nitrogen and oxygen atoms in total. The van der Waals surface area contributed by atoms with Crippen LogP contribution in [0.25, 0.3) is 0 Å². The smallest absolute Gasteiger partial charge is 0.214 e. The van der Waals surface area contributed by atoms with Crippen LogP contribution in [-0.4, -0.2) is 50.8 Å². The number of aryl methyl sites for hydroxylation is 1. The molecule has 0 saturated carbocycles. The van der Waals surface area contributed by atoms with Gasteiger partial charge in [0.15, 0.2) is 0 Å². The van der Waals surface area contributed by atoms with Gasteiger partial charge in [0.25, 0.3) is 0 Å². The van der Waals surface area contributed by atoms with Gasteiger partial charge in [0.1, 0.15) is 0 Å². The molecule has 1 heterocycles.